The molecule has 3 aromatic rings. The number of aryl methyl sites for hydroxylation is 2. The minimum atomic E-state index is 0.0164. The first-order valence-corrected chi connectivity index (χ1v) is 12.8. The number of rotatable bonds is 7. The van der Waals surface area contributed by atoms with Gasteiger partial charge >= 0.3 is 0 Å². The van der Waals surface area contributed by atoms with Crippen molar-refractivity contribution in [2.24, 2.45) is 0 Å². The topological polar surface area (TPSA) is 86.7 Å². The van der Waals surface area contributed by atoms with Gasteiger partial charge in [0.05, 0.1) is 24.5 Å². The van der Waals surface area contributed by atoms with Crippen molar-refractivity contribution >= 4 is 28.7 Å². The Kier molecular flexibility index (Phi) is 7.20. The second kappa shape index (κ2) is 10.7. The average Bonchev–Trinajstić information content (AvgIpc) is 3.02. The highest BCUT2D eigenvalue weighted by Gasteiger charge is 2.24. The fourth-order valence-corrected chi connectivity index (χ4v) is 5.09. The lowest BCUT2D eigenvalue weighted by Crippen LogP contribution is -2.42. The summed E-state index contributed by atoms with van der Waals surface area (Å²) in [4.78, 5) is 20.4. The molecule has 5 rings (SSSR count). The van der Waals surface area contributed by atoms with Crippen LogP contribution in [0.15, 0.2) is 48.7 Å². The minimum Gasteiger partial charge on any atom is -0.508 e. The fraction of sp³-hybridized carbons (Fsp3) is 0.379. The summed E-state index contributed by atoms with van der Waals surface area (Å²) in [6.07, 6.45) is 5.25. The lowest BCUT2D eigenvalue weighted by molar-refractivity contribution is 0.0183. The van der Waals surface area contributed by atoms with Crippen molar-refractivity contribution in [1.82, 2.24) is 9.88 Å². The number of Topliss-reactive ketones (excluding diaryl/α,β-unsaturated/α-hetero) is 1. The number of morpholine rings is 1. The molecule has 3 N–H and O–H groups in total. The van der Waals surface area contributed by atoms with E-state index in [4.69, 9.17) is 4.74 Å². The molecule has 0 saturated carbocycles. The second-order valence-corrected chi connectivity index (χ2v) is 9.81. The van der Waals surface area contributed by atoms with Gasteiger partial charge in [0.1, 0.15) is 11.6 Å². The minimum absolute atomic E-state index is 0.0164. The van der Waals surface area contributed by atoms with Gasteiger partial charge in [-0.05, 0) is 68.0 Å². The molecule has 0 radical (unpaired) electrons. The average molecular weight is 487 g/mol. The summed E-state index contributed by atoms with van der Waals surface area (Å²) in [5, 5.41) is 16.6. The van der Waals surface area contributed by atoms with E-state index in [9.17, 15) is 9.90 Å². The number of phenolic OH excluding ortho intramolecular Hbond substituents is 1. The number of hydrogen-bond acceptors (Lipinski definition) is 7. The number of hydrogen-bond donors (Lipinski definition) is 3. The van der Waals surface area contributed by atoms with Gasteiger partial charge in [-0.25, -0.2) is 4.98 Å². The molecule has 7 heteroatoms. The quantitative estimate of drug-likeness (QED) is 0.414. The van der Waals surface area contributed by atoms with E-state index >= 15 is 0 Å². The number of nitrogens with zero attached hydrogens (tertiary/aromatic N) is 2. The van der Waals surface area contributed by atoms with Gasteiger partial charge in [-0.3, -0.25) is 9.69 Å². The van der Waals surface area contributed by atoms with Crippen molar-refractivity contribution in [1.29, 1.82) is 0 Å². The number of phenols is 1. The van der Waals surface area contributed by atoms with Crippen LogP contribution in [-0.4, -0.2) is 53.1 Å². The van der Waals surface area contributed by atoms with E-state index in [1.807, 2.05) is 13.0 Å². The molecule has 1 unspecified atom stereocenters. The van der Waals surface area contributed by atoms with Crippen LogP contribution in [0.25, 0.3) is 0 Å². The van der Waals surface area contributed by atoms with Crippen LogP contribution in [0, 0.1) is 6.92 Å². The molecule has 1 aromatic heterocycles. The lowest BCUT2D eigenvalue weighted by Gasteiger charge is -2.32. The normalized spacial score (nSPS) is 16.4. The Morgan fingerprint density at radius 2 is 1.97 bits per heavy atom. The third-order valence-electron chi connectivity index (χ3n) is 7.25. The molecule has 1 saturated heterocycles. The molecule has 2 aliphatic heterocycles. The van der Waals surface area contributed by atoms with Gasteiger partial charge in [-0.1, -0.05) is 18.2 Å². The van der Waals surface area contributed by atoms with Gasteiger partial charge in [0.2, 0.25) is 0 Å². The fourth-order valence-electron chi connectivity index (χ4n) is 5.09. The first-order chi connectivity index (χ1) is 17.5. The van der Waals surface area contributed by atoms with Gasteiger partial charge in [0.25, 0.3) is 0 Å². The first-order valence-electron chi connectivity index (χ1n) is 12.8. The highest BCUT2D eigenvalue weighted by atomic mass is 16.5. The van der Waals surface area contributed by atoms with E-state index in [-0.39, 0.29) is 11.5 Å². The van der Waals surface area contributed by atoms with E-state index in [0.29, 0.717) is 29.5 Å². The Bertz CT molecular complexity index is 1250. The SMILES string of the molecule is Cc1ccc(O)cc1Nc1ccnc2c1C(=O)Cc1cc(CCCC(C)N3CCOCC3)ccc1N2. The van der Waals surface area contributed by atoms with E-state index in [0.717, 1.165) is 68.1 Å². The second-order valence-electron chi connectivity index (χ2n) is 9.81. The summed E-state index contributed by atoms with van der Waals surface area (Å²) >= 11 is 0. The summed E-state index contributed by atoms with van der Waals surface area (Å²) in [6, 6.07) is 13.9. The maximum atomic E-state index is 13.4. The molecule has 2 aliphatic rings. The van der Waals surface area contributed by atoms with Crippen LogP contribution < -0.4 is 10.6 Å². The van der Waals surface area contributed by atoms with Gasteiger partial charge < -0.3 is 20.5 Å². The van der Waals surface area contributed by atoms with E-state index in [1.54, 1.807) is 24.4 Å². The summed E-state index contributed by atoms with van der Waals surface area (Å²) < 4.78 is 5.47. The number of ketones is 1. The predicted octanol–water partition coefficient (Wildman–Crippen LogP) is 5.37. The highest BCUT2D eigenvalue weighted by molar-refractivity contribution is 6.09. The number of nitrogens with one attached hydrogen (secondary N) is 2. The molecule has 7 nitrogen and oxygen atoms in total. The van der Waals surface area contributed by atoms with Crippen molar-refractivity contribution in [3.05, 3.63) is 70.9 Å². The standard InChI is InChI=1S/C29H34N4O3/c1-19-6-8-23(34)18-26(19)31-25-10-11-30-29-28(25)27(35)17-22-16-21(7-9-24(22)32-29)5-3-4-20(2)33-12-14-36-15-13-33/h6-11,16,18,20,34H,3-5,12-15,17H2,1-2H3,(H2,30,31,32). The number of carbonyl (C=O) groups excluding carboxylic acids is 1. The summed E-state index contributed by atoms with van der Waals surface area (Å²) in [5.41, 5.74) is 6.12. The molecule has 2 aromatic carbocycles. The van der Waals surface area contributed by atoms with Crippen LogP contribution >= 0.6 is 0 Å². The molecule has 188 valence electrons. The van der Waals surface area contributed by atoms with E-state index in [2.05, 4.69) is 45.6 Å². The Morgan fingerprint density at radius 3 is 2.81 bits per heavy atom. The van der Waals surface area contributed by atoms with E-state index in [1.165, 1.54) is 5.56 Å². The molecule has 0 bridgehead atoms. The number of carbonyl (C=O) groups is 1. The summed E-state index contributed by atoms with van der Waals surface area (Å²) in [6.45, 7) is 7.96. The van der Waals surface area contributed by atoms with Crippen LogP contribution in [0.1, 0.15) is 46.8 Å². The molecular weight excluding hydrogens is 452 g/mol. The summed E-state index contributed by atoms with van der Waals surface area (Å²) in [5.74, 6) is 0.739. The van der Waals surface area contributed by atoms with Crippen molar-refractivity contribution in [2.45, 2.75) is 45.6 Å². The Hall–Kier alpha value is -3.42. The van der Waals surface area contributed by atoms with Crippen molar-refractivity contribution in [2.75, 3.05) is 36.9 Å². The molecule has 0 amide bonds. The molecule has 1 atom stereocenters. The third-order valence-corrected chi connectivity index (χ3v) is 7.25. The van der Waals surface area contributed by atoms with Gasteiger partial charge in [-0.2, -0.15) is 0 Å². The Balaban J connectivity index is 1.29. The number of anilines is 4. The maximum absolute atomic E-state index is 13.4. The molecule has 1 fully saturated rings. The monoisotopic (exact) mass is 486 g/mol. The number of pyridine rings is 1. The zero-order valence-corrected chi connectivity index (χ0v) is 21.0. The summed E-state index contributed by atoms with van der Waals surface area (Å²) in [7, 11) is 0. The van der Waals surface area contributed by atoms with Crippen molar-refractivity contribution in [3.8, 4) is 5.75 Å². The zero-order valence-electron chi connectivity index (χ0n) is 21.0. The highest BCUT2D eigenvalue weighted by Crippen LogP contribution is 2.35. The van der Waals surface area contributed by atoms with Crippen LogP contribution in [0.5, 0.6) is 5.75 Å². The number of fused-ring (bicyclic) bond motifs is 2. The lowest BCUT2D eigenvalue weighted by atomic mass is 9.98. The van der Waals surface area contributed by atoms with Crippen molar-refractivity contribution in [3.63, 3.8) is 0 Å². The first kappa shape index (κ1) is 24.3. The van der Waals surface area contributed by atoms with Crippen LogP contribution in [0.3, 0.4) is 0 Å². The number of benzene rings is 2. The predicted molar refractivity (Wildman–Crippen MR) is 143 cm³/mol. The molecular formula is C29H34N4O3. The van der Waals surface area contributed by atoms with E-state index < -0.39 is 0 Å². The molecule has 0 spiro atoms. The Morgan fingerprint density at radius 1 is 1.14 bits per heavy atom. The molecule has 0 aliphatic carbocycles. The van der Waals surface area contributed by atoms with Gasteiger partial charge in [-0.15, -0.1) is 0 Å². The third kappa shape index (κ3) is 5.37. The number of ether oxygens (including phenoxy) is 1. The molecule has 36 heavy (non-hydrogen) atoms. The zero-order chi connectivity index (χ0) is 25.1. The number of aromatic nitrogens is 1. The maximum Gasteiger partial charge on any atom is 0.173 e. The largest absolute Gasteiger partial charge is 0.508 e. The van der Waals surface area contributed by atoms with Gasteiger partial charge in [0.15, 0.2) is 5.78 Å². The Labute approximate surface area is 212 Å². The smallest absolute Gasteiger partial charge is 0.173 e. The van der Waals surface area contributed by atoms with Crippen LogP contribution in [0.4, 0.5) is 22.9 Å². The van der Waals surface area contributed by atoms with Gasteiger partial charge in [0, 0.05) is 49.2 Å². The molecule has 3 heterocycles. The van der Waals surface area contributed by atoms with Crippen LogP contribution in [0.2, 0.25) is 0 Å². The van der Waals surface area contributed by atoms with Crippen LogP contribution in [-0.2, 0) is 17.6 Å². The van der Waals surface area contributed by atoms with Crippen molar-refractivity contribution < 1.29 is 14.6 Å². The number of aromatic hydroxyl groups is 1.